The van der Waals surface area contributed by atoms with E-state index in [-0.39, 0.29) is 21.9 Å². The van der Waals surface area contributed by atoms with E-state index in [1.54, 1.807) is 6.33 Å². The summed E-state index contributed by atoms with van der Waals surface area (Å²) in [5, 5.41) is 2.80. The number of aromatic amines is 1. The van der Waals surface area contributed by atoms with Gasteiger partial charge in [-0.15, -0.1) is 0 Å². The van der Waals surface area contributed by atoms with Crippen LogP contribution in [0.4, 0.5) is 13.2 Å². The number of hydrogen-bond donors (Lipinski definition) is 2. The van der Waals surface area contributed by atoms with Gasteiger partial charge in [-0.25, -0.2) is 4.98 Å². The molecule has 2 amide bonds. The minimum absolute atomic E-state index is 0.0253. The number of likely N-dealkylation sites (tertiary alicyclic amines) is 2. The Morgan fingerprint density at radius 2 is 1.79 bits per heavy atom. The fourth-order valence-corrected chi connectivity index (χ4v) is 7.03. The van der Waals surface area contributed by atoms with Crippen LogP contribution >= 0.6 is 11.6 Å². The van der Waals surface area contributed by atoms with Crippen LogP contribution in [-0.4, -0.2) is 57.8 Å². The van der Waals surface area contributed by atoms with Crippen molar-refractivity contribution in [1.29, 1.82) is 0 Å². The van der Waals surface area contributed by atoms with Gasteiger partial charge in [0.25, 0.3) is 11.8 Å². The maximum atomic E-state index is 13.6. The Kier molecular flexibility index (Phi) is 8.02. The van der Waals surface area contributed by atoms with E-state index in [0.717, 1.165) is 80.3 Å². The number of aryl methyl sites for hydroxylation is 2. The standard InChI is InChI=1S/C32H35ClF3N5O2/c1-20-28(38-19-37-20)18-40-12-8-31(9-13-40)10-14-41(15-11-31)30(43)22-3-2-21-4-7-27(24(21)16-22)39-29(42)25-17-23(32(34,35)36)5-6-26(25)33/h2-3,5-6,16-17,19,27H,4,7-15,18H2,1H3,(H,37,38)(H,39,42). The lowest BCUT2D eigenvalue weighted by molar-refractivity contribution is -0.137. The van der Waals surface area contributed by atoms with Gasteiger partial charge in [0.2, 0.25) is 0 Å². The minimum Gasteiger partial charge on any atom is -0.347 e. The Morgan fingerprint density at radius 1 is 1.07 bits per heavy atom. The molecule has 1 spiro atoms. The molecule has 0 radical (unpaired) electrons. The summed E-state index contributed by atoms with van der Waals surface area (Å²) >= 11 is 6.09. The van der Waals surface area contributed by atoms with Crippen LogP contribution in [-0.2, 0) is 19.1 Å². The van der Waals surface area contributed by atoms with E-state index in [9.17, 15) is 22.8 Å². The number of nitrogens with one attached hydrogen (secondary N) is 2. The third-order valence-corrected chi connectivity index (χ3v) is 9.99. The van der Waals surface area contributed by atoms with Gasteiger partial charge in [0.1, 0.15) is 0 Å². The van der Waals surface area contributed by atoms with E-state index in [4.69, 9.17) is 11.6 Å². The summed E-state index contributed by atoms with van der Waals surface area (Å²) in [5.41, 5.74) is 3.76. The molecule has 2 aromatic carbocycles. The third-order valence-electron chi connectivity index (χ3n) is 9.66. The van der Waals surface area contributed by atoms with Crippen molar-refractivity contribution in [2.24, 2.45) is 5.41 Å². The number of carbonyl (C=O) groups is 2. The molecule has 2 N–H and O–H groups in total. The molecule has 1 unspecified atom stereocenters. The Labute approximate surface area is 253 Å². The number of alkyl halides is 3. The number of fused-ring (bicyclic) bond motifs is 1. The molecule has 228 valence electrons. The normalized spacial score (nSPS) is 20.3. The molecule has 11 heteroatoms. The van der Waals surface area contributed by atoms with E-state index in [0.29, 0.717) is 31.5 Å². The zero-order valence-corrected chi connectivity index (χ0v) is 24.8. The second-order valence-electron chi connectivity index (χ2n) is 12.2. The summed E-state index contributed by atoms with van der Waals surface area (Å²) in [6.45, 7) is 6.41. The third kappa shape index (κ3) is 6.17. The molecular weight excluding hydrogens is 579 g/mol. The lowest BCUT2D eigenvalue weighted by Gasteiger charge is -2.47. The van der Waals surface area contributed by atoms with Crippen LogP contribution in [0.5, 0.6) is 0 Å². The van der Waals surface area contributed by atoms with E-state index >= 15 is 0 Å². The smallest absolute Gasteiger partial charge is 0.347 e. The minimum atomic E-state index is -4.58. The lowest BCUT2D eigenvalue weighted by Crippen LogP contribution is -2.48. The molecule has 2 fully saturated rings. The van der Waals surface area contributed by atoms with Gasteiger partial charge in [-0.2, -0.15) is 13.2 Å². The van der Waals surface area contributed by atoms with Crippen LogP contribution in [0.15, 0.2) is 42.7 Å². The van der Waals surface area contributed by atoms with Gasteiger partial charge in [0, 0.05) is 25.2 Å². The van der Waals surface area contributed by atoms with Gasteiger partial charge in [-0.3, -0.25) is 14.5 Å². The van der Waals surface area contributed by atoms with Gasteiger partial charge >= 0.3 is 6.18 Å². The molecule has 2 aliphatic heterocycles. The molecule has 1 atom stereocenters. The van der Waals surface area contributed by atoms with Gasteiger partial charge in [-0.05, 0) is 105 Å². The topological polar surface area (TPSA) is 81.3 Å². The van der Waals surface area contributed by atoms with Gasteiger partial charge in [0.05, 0.1) is 39.9 Å². The summed E-state index contributed by atoms with van der Waals surface area (Å²) in [6, 6.07) is 7.92. The second-order valence-corrected chi connectivity index (χ2v) is 12.6. The molecular formula is C32H35ClF3N5O2. The summed E-state index contributed by atoms with van der Waals surface area (Å²) in [6.07, 6.45) is 2.67. The summed E-state index contributed by atoms with van der Waals surface area (Å²) in [4.78, 5) is 38.5. The van der Waals surface area contributed by atoms with E-state index in [1.807, 2.05) is 30.0 Å². The number of benzene rings is 2. The SMILES string of the molecule is Cc1nc[nH]c1CN1CCC2(CC1)CCN(C(=O)c1ccc3c(c1)C(NC(=O)c1cc(C(F)(F)F)ccc1Cl)CC3)CC2. The quantitative estimate of drug-likeness (QED) is 0.353. The van der Waals surface area contributed by atoms with Crippen LogP contribution in [0.3, 0.4) is 0 Å². The summed E-state index contributed by atoms with van der Waals surface area (Å²) < 4.78 is 39.7. The number of hydrogen-bond acceptors (Lipinski definition) is 4. The number of nitrogens with zero attached hydrogens (tertiary/aromatic N) is 3. The fraction of sp³-hybridized carbons (Fsp3) is 0.469. The number of H-pyrrole nitrogens is 1. The lowest BCUT2D eigenvalue weighted by atomic mass is 9.71. The van der Waals surface area contributed by atoms with Crippen LogP contribution in [0.1, 0.15) is 86.9 Å². The van der Waals surface area contributed by atoms with Gasteiger partial charge in [0.15, 0.2) is 0 Å². The first-order chi connectivity index (χ1) is 20.5. The number of rotatable bonds is 5. The van der Waals surface area contributed by atoms with E-state index < -0.39 is 23.7 Å². The maximum absolute atomic E-state index is 13.6. The molecule has 0 bridgehead atoms. The fourth-order valence-electron chi connectivity index (χ4n) is 6.82. The molecule has 0 saturated carbocycles. The zero-order chi connectivity index (χ0) is 30.4. The predicted molar refractivity (Wildman–Crippen MR) is 157 cm³/mol. The summed E-state index contributed by atoms with van der Waals surface area (Å²) in [5.74, 6) is -0.694. The highest BCUT2D eigenvalue weighted by Crippen LogP contribution is 2.42. The number of piperidine rings is 2. The van der Waals surface area contributed by atoms with Crippen molar-refractivity contribution >= 4 is 23.4 Å². The van der Waals surface area contributed by atoms with Crippen molar-refractivity contribution in [3.63, 3.8) is 0 Å². The first-order valence-electron chi connectivity index (χ1n) is 14.8. The molecule has 3 heterocycles. The van der Waals surface area contributed by atoms with E-state index in [2.05, 4.69) is 20.2 Å². The predicted octanol–water partition coefficient (Wildman–Crippen LogP) is 6.33. The Bertz CT molecular complexity index is 1520. The number of carbonyl (C=O) groups excluding carboxylic acids is 2. The number of aromatic nitrogens is 2. The first-order valence-corrected chi connectivity index (χ1v) is 15.2. The summed E-state index contributed by atoms with van der Waals surface area (Å²) in [7, 11) is 0. The highest BCUT2D eigenvalue weighted by molar-refractivity contribution is 6.33. The van der Waals surface area contributed by atoms with Gasteiger partial charge in [-0.1, -0.05) is 17.7 Å². The average molecular weight is 614 g/mol. The Hall–Kier alpha value is -3.37. The van der Waals surface area contributed by atoms with Crippen molar-refractivity contribution in [3.8, 4) is 0 Å². The van der Waals surface area contributed by atoms with Crippen LogP contribution in [0.25, 0.3) is 0 Å². The van der Waals surface area contributed by atoms with Crippen LogP contribution in [0.2, 0.25) is 5.02 Å². The first kappa shape index (κ1) is 29.7. The van der Waals surface area contributed by atoms with Gasteiger partial charge < -0.3 is 15.2 Å². The van der Waals surface area contributed by atoms with Crippen LogP contribution in [0, 0.1) is 12.3 Å². The van der Waals surface area contributed by atoms with Crippen molar-refractivity contribution in [2.45, 2.75) is 64.2 Å². The van der Waals surface area contributed by atoms with Crippen molar-refractivity contribution in [2.75, 3.05) is 26.2 Å². The van der Waals surface area contributed by atoms with Crippen molar-refractivity contribution in [1.82, 2.24) is 25.1 Å². The molecule has 2 saturated heterocycles. The molecule has 3 aliphatic rings. The molecule has 3 aromatic rings. The van der Waals surface area contributed by atoms with Crippen molar-refractivity contribution in [3.05, 3.63) is 87.0 Å². The van der Waals surface area contributed by atoms with Crippen molar-refractivity contribution < 1.29 is 22.8 Å². The zero-order valence-electron chi connectivity index (χ0n) is 24.1. The monoisotopic (exact) mass is 613 g/mol. The van der Waals surface area contributed by atoms with Crippen LogP contribution < -0.4 is 5.32 Å². The Morgan fingerprint density at radius 3 is 2.47 bits per heavy atom. The number of halogens is 4. The number of amides is 2. The second kappa shape index (κ2) is 11.6. The molecule has 43 heavy (non-hydrogen) atoms. The molecule has 6 rings (SSSR count). The highest BCUT2D eigenvalue weighted by atomic mass is 35.5. The molecule has 7 nitrogen and oxygen atoms in total. The maximum Gasteiger partial charge on any atom is 0.416 e. The molecule has 1 aliphatic carbocycles. The average Bonchev–Trinajstić information content (AvgIpc) is 3.58. The largest absolute Gasteiger partial charge is 0.416 e. The highest BCUT2D eigenvalue weighted by Gasteiger charge is 2.39. The molecule has 1 aromatic heterocycles. The Balaban J connectivity index is 1.07. The van der Waals surface area contributed by atoms with E-state index in [1.165, 1.54) is 5.69 Å². The number of imidazole rings is 1.